The smallest absolute Gasteiger partial charge is 0.164 e. The summed E-state index contributed by atoms with van der Waals surface area (Å²) in [7, 11) is 0. The fourth-order valence-corrected chi connectivity index (χ4v) is 2.85. The van der Waals surface area contributed by atoms with Crippen molar-refractivity contribution >= 4 is 27.4 Å². The zero-order valence-electron chi connectivity index (χ0n) is 11.1. The van der Waals surface area contributed by atoms with Crippen LogP contribution in [-0.2, 0) is 0 Å². The Morgan fingerprint density at radius 2 is 2.30 bits per heavy atom. The van der Waals surface area contributed by atoms with E-state index < -0.39 is 0 Å². The van der Waals surface area contributed by atoms with Gasteiger partial charge in [-0.15, -0.1) is 17.9 Å². The maximum Gasteiger partial charge on any atom is 0.164 e. The number of pyridine rings is 1. The second-order valence-corrected chi connectivity index (χ2v) is 5.62. The summed E-state index contributed by atoms with van der Waals surface area (Å²) in [5, 5.41) is 4.34. The second kappa shape index (κ2) is 5.38. The first kappa shape index (κ1) is 12.7. The summed E-state index contributed by atoms with van der Waals surface area (Å²) < 4.78 is 0. The number of anilines is 1. The van der Waals surface area contributed by atoms with Gasteiger partial charge in [0.2, 0.25) is 0 Å². The highest BCUT2D eigenvalue weighted by molar-refractivity contribution is 7.18. The van der Waals surface area contributed by atoms with E-state index in [4.69, 9.17) is 0 Å². The second-order valence-electron chi connectivity index (χ2n) is 4.38. The molecule has 0 fully saturated rings. The Hall–Kier alpha value is -2.27. The van der Waals surface area contributed by atoms with Crippen LogP contribution in [0.3, 0.4) is 0 Å². The third-order valence-electron chi connectivity index (χ3n) is 2.85. The van der Waals surface area contributed by atoms with E-state index in [0.29, 0.717) is 12.4 Å². The van der Waals surface area contributed by atoms with Gasteiger partial charge in [-0.2, -0.15) is 0 Å². The van der Waals surface area contributed by atoms with Gasteiger partial charge >= 0.3 is 0 Å². The molecule has 0 aromatic carbocycles. The number of nitrogens with one attached hydrogen (secondary N) is 1. The lowest BCUT2D eigenvalue weighted by molar-refractivity contribution is 1.18. The molecule has 0 amide bonds. The quantitative estimate of drug-likeness (QED) is 0.742. The molecular formula is C15H14N4S. The van der Waals surface area contributed by atoms with Gasteiger partial charge in [0.25, 0.3) is 0 Å². The summed E-state index contributed by atoms with van der Waals surface area (Å²) in [5.41, 5.74) is 0.919. The van der Waals surface area contributed by atoms with Gasteiger partial charge in [0.15, 0.2) is 5.82 Å². The normalized spacial score (nSPS) is 10.7. The zero-order chi connectivity index (χ0) is 13.9. The Labute approximate surface area is 121 Å². The fraction of sp³-hybridized carbons (Fsp3) is 0.133. The number of rotatable bonds is 4. The van der Waals surface area contributed by atoms with E-state index in [1.165, 1.54) is 4.88 Å². The maximum atomic E-state index is 4.64. The van der Waals surface area contributed by atoms with E-state index in [1.54, 1.807) is 23.7 Å². The number of fused-ring (bicyclic) bond motifs is 1. The number of aromatic nitrogens is 3. The molecule has 20 heavy (non-hydrogen) atoms. The lowest BCUT2D eigenvalue weighted by atomic mass is 10.2. The number of nitrogens with zero attached hydrogens (tertiary/aromatic N) is 3. The summed E-state index contributed by atoms with van der Waals surface area (Å²) >= 11 is 1.67. The van der Waals surface area contributed by atoms with Crippen molar-refractivity contribution in [3.05, 3.63) is 48.1 Å². The molecule has 0 spiro atoms. The number of thiophene rings is 1. The van der Waals surface area contributed by atoms with Gasteiger partial charge in [-0.3, -0.25) is 4.98 Å². The monoisotopic (exact) mass is 282 g/mol. The fourth-order valence-electron chi connectivity index (χ4n) is 1.97. The predicted octanol–water partition coefficient (Wildman–Crippen LogP) is 3.66. The molecule has 3 rings (SSSR count). The van der Waals surface area contributed by atoms with Crippen LogP contribution >= 0.6 is 11.3 Å². The number of hydrogen-bond acceptors (Lipinski definition) is 5. The maximum absolute atomic E-state index is 4.64. The molecule has 0 unspecified atom stereocenters. The van der Waals surface area contributed by atoms with Crippen molar-refractivity contribution in [3.63, 3.8) is 0 Å². The van der Waals surface area contributed by atoms with E-state index in [2.05, 4.69) is 39.8 Å². The lowest BCUT2D eigenvalue weighted by Crippen LogP contribution is -2.02. The van der Waals surface area contributed by atoms with Crippen molar-refractivity contribution in [3.8, 4) is 11.4 Å². The van der Waals surface area contributed by atoms with Gasteiger partial charge in [0, 0.05) is 29.4 Å². The minimum atomic E-state index is 0.674. The Morgan fingerprint density at radius 3 is 3.05 bits per heavy atom. The van der Waals surface area contributed by atoms with Crippen LogP contribution in [-0.4, -0.2) is 21.5 Å². The topological polar surface area (TPSA) is 50.7 Å². The molecule has 0 radical (unpaired) electrons. The summed E-state index contributed by atoms with van der Waals surface area (Å²) in [6.45, 7) is 6.48. The van der Waals surface area contributed by atoms with Gasteiger partial charge in [-0.25, -0.2) is 9.97 Å². The van der Waals surface area contributed by atoms with Crippen LogP contribution in [0.15, 0.2) is 43.2 Å². The molecule has 3 heterocycles. The van der Waals surface area contributed by atoms with Crippen molar-refractivity contribution in [1.29, 1.82) is 0 Å². The Balaban J connectivity index is 2.16. The zero-order valence-corrected chi connectivity index (χ0v) is 11.9. The summed E-state index contributed by atoms with van der Waals surface area (Å²) in [6, 6.07) is 5.96. The first-order chi connectivity index (χ1) is 9.78. The first-order valence-corrected chi connectivity index (χ1v) is 7.13. The molecule has 100 valence electrons. The Bertz CT molecular complexity index is 749. The van der Waals surface area contributed by atoms with Crippen molar-refractivity contribution in [2.45, 2.75) is 6.92 Å². The van der Waals surface area contributed by atoms with Gasteiger partial charge < -0.3 is 5.32 Å². The summed E-state index contributed by atoms with van der Waals surface area (Å²) in [6.07, 6.45) is 5.34. The molecular weight excluding hydrogens is 268 g/mol. The van der Waals surface area contributed by atoms with E-state index in [1.807, 2.05) is 18.2 Å². The van der Waals surface area contributed by atoms with Gasteiger partial charge in [-0.05, 0) is 25.1 Å². The van der Waals surface area contributed by atoms with Crippen LogP contribution in [0, 0.1) is 6.92 Å². The third-order valence-corrected chi connectivity index (χ3v) is 3.79. The molecule has 0 atom stereocenters. The standard InChI is InChI=1S/C15H14N4S/c1-3-6-17-14-12-8-10(2)20-15(12)19-13(18-14)11-5-4-7-16-9-11/h3-5,7-9H,1,6H2,2H3,(H,17,18,19). The molecule has 0 aliphatic rings. The Kier molecular flexibility index (Phi) is 3.43. The minimum absolute atomic E-state index is 0.674. The van der Waals surface area contributed by atoms with Crippen LogP contribution in [0.1, 0.15) is 4.88 Å². The molecule has 0 aliphatic carbocycles. The SMILES string of the molecule is C=CCNc1nc(-c2cccnc2)nc2sc(C)cc12. The number of aryl methyl sites for hydroxylation is 1. The predicted molar refractivity (Wildman–Crippen MR) is 84.1 cm³/mol. The molecule has 1 N–H and O–H groups in total. The van der Waals surface area contributed by atoms with E-state index >= 15 is 0 Å². The van der Waals surface area contributed by atoms with Crippen molar-refractivity contribution in [1.82, 2.24) is 15.0 Å². The molecule has 5 heteroatoms. The first-order valence-electron chi connectivity index (χ1n) is 6.31. The highest BCUT2D eigenvalue weighted by Crippen LogP contribution is 2.30. The molecule has 4 nitrogen and oxygen atoms in total. The highest BCUT2D eigenvalue weighted by atomic mass is 32.1. The van der Waals surface area contributed by atoms with Gasteiger partial charge in [0.1, 0.15) is 10.6 Å². The molecule has 3 aromatic rings. The number of hydrogen-bond donors (Lipinski definition) is 1. The molecule has 0 saturated heterocycles. The van der Waals surface area contributed by atoms with Crippen LogP contribution in [0.2, 0.25) is 0 Å². The lowest BCUT2D eigenvalue weighted by Gasteiger charge is -2.06. The van der Waals surface area contributed by atoms with Crippen molar-refractivity contribution < 1.29 is 0 Å². The van der Waals surface area contributed by atoms with Crippen LogP contribution in [0.5, 0.6) is 0 Å². The average Bonchev–Trinajstić information content (AvgIpc) is 2.86. The van der Waals surface area contributed by atoms with E-state index in [9.17, 15) is 0 Å². The average molecular weight is 282 g/mol. The van der Waals surface area contributed by atoms with Crippen molar-refractivity contribution in [2.75, 3.05) is 11.9 Å². The minimum Gasteiger partial charge on any atom is -0.366 e. The summed E-state index contributed by atoms with van der Waals surface area (Å²) in [5.74, 6) is 1.54. The van der Waals surface area contributed by atoms with Crippen molar-refractivity contribution in [2.24, 2.45) is 0 Å². The summed E-state index contributed by atoms with van der Waals surface area (Å²) in [4.78, 5) is 15.6. The highest BCUT2D eigenvalue weighted by Gasteiger charge is 2.11. The molecule has 3 aromatic heterocycles. The Morgan fingerprint density at radius 1 is 1.40 bits per heavy atom. The van der Waals surface area contributed by atoms with Crippen LogP contribution in [0.25, 0.3) is 21.6 Å². The molecule has 0 aliphatic heterocycles. The van der Waals surface area contributed by atoms with E-state index in [0.717, 1.165) is 21.6 Å². The van der Waals surface area contributed by atoms with Gasteiger partial charge in [-0.1, -0.05) is 6.08 Å². The largest absolute Gasteiger partial charge is 0.366 e. The van der Waals surface area contributed by atoms with E-state index in [-0.39, 0.29) is 0 Å². The molecule has 0 bridgehead atoms. The third kappa shape index (κ3) is 2.40. The van der Waals surface area contributed by atoms with Crippen LogP contribution in [0.4, 0.5) is 5.82 Å². The molecule has 0 saturated carbocycles. The van der Waals surface area contributed by atoms with Gasteiger partial charge in [0.05, 0.1) is 5.39 Å². The van der Waals surface area contributed by atoms with Crippen LogP contribution < -0.4 is 5.32 Å².